The van der Waals surface area contributed by atoms with Gasteiger partial charge in [-0.15, -0.1) is 0 Å². The molecule has 0 aliphatic heterocycles. The van der Waals surface area contributed by atoms with E-state index in [2.05, 4.69) is 0 Å². The van der Waals surface area contributed by atoms with Gasteiger partial charge >= 0.3 is 5.97 Å². The number of benzene rings is 2. The highest BCUT2D eigenvalue weighted by atomic mass is 35.5. The van der Waals surface area contributed by atoms with Gasteiger partial charge in [-0.1, -0.05) is 11.6 Å². The van der Waals surface area contributed by atoms with Crippen molar-refractivity contribution in [3.8, 4) is 17.2 Å². The summed E-state index contributed by atoms with van der Waals surface area (Å²) in [7, 11) is 3.04. The number of esters is 1. The van der Waals surface area contributed by atoms with E-state index in [9.17, 15) is 9.59 Å². The van der Waals surface area contributed by atoms with E-state index in [1.54, 1.807) is 36.4 Å². The van der Waals surface area contributed by atoms with Gasteiger partial charge in [0, 0.05) is 11.6 Å². The zero-order valence-corrected chi connectivity index (χ0v) is 16.6. The summed E-state index contributed by atoms with van der Waals surface area (Å²) in [5.74, 6) is 0.579. The summed E-state index contributed by atoms with van der Waals surface area (Å²) in [5, 5.41) is 0.365. The molecule has 7 heteroatoms. The Bertz CT molecular complexity index is 858. The first-order chi connectivity index (χ1) is 13.5. The standard InChI is InChI=1S/C21H21ClO6/c1-4-27-21-17(22)11-14(12-19(21)26-3)5-10-20(24)28-13-18(23)15-6-8-16(25-2)9-7-15/h5-12H,4,13H2,1-3H3/b10-5+. The molecule has 0 N–H and O–H groups in total. The third kappa shape index (κ3) is 5.76. The Morgan fingerprint density at radius 2 is 1.79 bits per heavy atom. The van der Waals surface area contributed by atoms with Crippen LogP contribution in [0.25, 0.3) is 6.08 Å². The average molecular weight is 405 g/mol. The molecule has 0 unspecified atom stereocenters. The molecule has 148 valence electrons. The largest absolute Gasteiger partial charge is 0.497 e. The molecular weight excluding hydrogens is 384 g/mol. The average Bonchev–Trinajstić information content (AvgIpc) is 2.72. The Morgan fingerprint density at radius 1 is 1.07 bits per heavy atom. The Balaban J connectivity index is 1.97. The summed E-state index contributed by atoms with van der Waals surface area (Å²) in [4.78, 5) is 24.0. The predicted octanol–water partition coefficient (Wildman–Crippen LogP) is 4.20. The number of hydrogen-bond donors (Lipinski definition) is 0. The summed E-state index contributed by atoms with van der Waals surface area (Å²) in [6.07, 6.45) is 2.73. The second-order valence-corrected chi connectivity index (χ2v) is 5.97. The van der Waals surface area contributed by atoms with Crippen molar-refractivity contribution in [2.24, 2.45) is 0 Å². The van der Waals surface area contributed by atoms with Gasteiger partial charge in [0.25, 0.3) is 0 Å². The van der Waals surface area contributed by atoms with Gasteiger partial charge in [-0.3, -0.25) is 4.79 Å². The van der Waals surface area contributed by atoms with E-state index in [-0.39, 0.29) is 12.4 Å². The van der Waals surface area contributed by atoms with Gasteiger partial charge < -0.3 is 18.9 Å². The second-order valence-electron chi connectivity index (χ2n) is 5.56. The van der Waals surface area contributed by atoms with Crippen LogP contribution in [0, 0.1) is 0 Å². The summed E-state index contributed by atoms with van der Waals surface area (Å²) in [5.41, 5.74) is 1.06. The number of carbonyl (C=O) groups is 2. The number of ketones is 1. The van der Waals surface area contributed by atoms with Crippen LogP contribution in [0.2, 0.25) is 5.02 Å². The van der Waals surface area contributed by atoms with E-state index in [0.29, 0.717) is 40.0 Å². The maximum Gasteiger partial charge on any atom is 0.331 e. The van der Waals surface area contributed by atoms with Crippen molar-refractivity contribution in [3.63, 3.8) is 0 Å². The topological polar surface area (TPSA) is 71.1 Å². The minimum absolute atomic E-state index is 0.310. The molecule has 0 bridgehead atoms. The molecule has 0 saturated heterocycles. The highest BCUT2D eigenvalue weighted by Gasteiger charge is 2.11. The maximum atomic E-state index is 12.1. The smallest absolute Gasteiger partial charge is 0.331 e. The first-order valence-electron chi connectivity index (χ1n) is 8.50. The van der Waals surface area contributed by atoms with Gasteiger partial charge in [0.2, 0.25) is 0 Å². The molecule has 2 aromatic rings. The molecule has 6 nitrogen and oxygen atoms in total. The third-order valence-corrected chi connectivity index (χ3v) is 3.99. The lowest BCUT2D eigenvalue weighted by Crippen LogP contribution is -2.12. The lowest BCUT2D eigenvalue weighted by Gasteiger charge is -2.11. The summed E-state index contributed by atoms with van der Waals surface area (Å²) >= 11 is 6.19. The zero-order valence-electron chi connectivity index (χ0n) is 15.9. The summed E-state index contributed by atoms with van der Waals surface area (Å²) in [6.45, 7) is 1.93. The molecule has 0 aliphatic carbocycles. The molecule has 0 aliphatic rings. The number of rotatable bonds is 9. The molecule has 0 atom stereocenters. The molecule has 0 amide bonds. The normalized spacial score (nSPS) is 10.6. The van der Waals surface area contributed by atoms with E-state index in [1.807, 2.05) is 6.92 Å². The van der Waals surface area contributed by atoms with E-state index < -0.39 is 5.97 Å². The molecular formula is C21H21ClO6. The van der Waals surface area contributed by atoms with Crippen molar-refractivity contribution < 1.29 is 28.5 Å². The first-order valence-corrected chi connectivity index (χ1v) is 8.88. The van der Waals surface area contributed by atoms with Crippen molar-refractivity contribution >= 4 is 29.4 Å². The number of carbonyl (C=O) groups excluding carboxylic acids is 2. The minimum Gasteiger partial charge on any atom is -0.497 e. The molecule has 28 heavy (non-hydrogen) atoms. The van der Waals surface area contributed by atoms with Crippen LogP contribution in [0.4, 0.5) is 0 Å². The van der Waals surface area contributed by atoms with Gasteiger partial charge in [-0.2, -0.15) is 0 Å². The quantitative estimate of drug-likeness (QED) is 0.354. The van der Waals surface area contributed by atoms with Gasteiger partial charge in [-0.25, -0.2) is 4.79 Å². The van der Waals surface area contributed by atoms with Gasteiger partial charge in [0.05, 0.1) is 25.8 Å². The highest BCUT2D eigenvalue weighted by molar-refractivity contribution is 6.32. The Labute approximate surface area is 168 Å². The van der Waals surface area contributed by atoms with Crippen LogP contribution in [0.1, 0.15) is 22.8 Å². The fraction of sp³-hybridized carbons (Fsp3) is 0.238. The molecule has 0 aromatic heterocycles. The number of ether oxygens (including phenoxy) is 4. The molecule has 0 fully saturated rings. The van der Waals surface area contributed by atoms with Crippen molar-refractivity contribution in [2.75, 3.05) is 27.4 Å². The van der Waals surface area contributed by atoms with Crippen LogP contribution >= 0.6 is 11.6 Å². The van der Waals surface area contributed by atoms with E-state index >= 15 is 0 Å². The minimum atomic E-state index is -0.647. The Kier molecular flexibility index (Phi) is 7.89. The molecule has 0 heterocycles. The molecule has 2 rings (SSSR count). The van der Waals surface area contributed by atoms with E-state index in [1.165, 1.54) is 26.4 Å². The van der Waals surface area contributed by atoms with Crippen LogP contribution in [0.5, 0.6) is 17.2 Å². The van der Waals surface area contributed by atoms with Crippen LogP contribution in [0.15, 0.2) is 42.5 Å². The Hall–Kier alpha value is -2.99. The monoisotopic (exact) mass is 404 g/mol. The number of Topliss-reactive ketones (excluding diaryl/α,β-unsaturated/α-hetero) is 1. The predicted molar refractivity (Wildman–Crippen MR) is 106 cm³/mol. The van der Waals surface area contributed by atoms with E-state index in [0.717, 1.165) is 0 Å². The SMILES string of the molecule is CCOc1c(Cl)cc(/C=C/C(=O)OCC(=O)c2ccc(OC)cc2)cc1OC. The van der Waals surface area contributed by atoms with Gasteiger partial charge in [-0.05, 0) is 55.0 Å². The lowest BCUT2D eigenvalue weighted by molar-refractivity contribution is -0.136. The summed E-state index contributed by atoms with van der Waals surface area (Å²) < 4.78 is 20.7. The van der Waals surface area contributed by atoms with Crippen LogP contribution in [0.3, 0.4) is 0 Å². The second kappa shape index (κ2) is 10.4. The zero-order chi connectivity index (χ0) is 20.5. The molecule has 0 spiro atoms. The van der Waals surface area contributed by atoms with E-state index in [4.69, 9.17) is 30.5 Å². The first kappa shape index (κ1) is 21.3. The van der Waals surface area contributed by atoms with Gasteiger partial charge in [0.1, 0.15) is 5.75 Å². The van der Waals surface area contributed by atoms with Crippen molar-refractivity contribution in [1.29, 1.82) is 0 Å². The fourth-order valence-corrected chi connectivity index (χ4v) is 2.60. The molecule has 0 radical (unpaired) electrons. The Morgan fingerprint density at radius 3 is 2.39 bits per heavy atom. The molecule has 2 aromatic carbocycles. The summed E-state index contributed by atoms with van der Waals surface area (Å²) in [6, 6.07) is 9.87. The van der Waals surface area contributed by atoms with Crippen molar-refractivity contribution in [2.45, 2.75) is 6.92 Å². The van der Waals surface area contributed by atoms with Gasteiger partial charge in [0.15, 0.2) is 23.9 Å². The highest BCUT2D eigenvalue weighted by Crippen LogP contribution is 2.36. The fourth-order valence-electron chi connectivity index (χ4n) is 2.33. The lowest BCUT2D eigenvalue weighted by atomic mass is 10.1. The third-order valence-electron chi connectivity index (χ3n) is 3.71. The number of hydrogen-bond acceptors (Lipinski definition) is 6. The molecule has 0 saturated carbocycles. The number of halogens is 1. The van der Waals surface area contributed by atoms with Crippen LogP contribution in [-0.2, 0) is 9.53 Å². The maximum absolute atomic E-state index is 12.1. The van der Waals surface area contributed by atoms with Crippen molar-refractivity contribution in [1.82, 2.24) is 0 Å². The van der Waals surface area contributed by atoms with Crippen LogP contribution < -0.4 is 14.2 Å². The number of methoxy groups -OCH3 is 2. The van der Waals surface area contributed by atoms with Crippen LogP contribution in [-0.4, -0.2) is 39.2 Å². The van der Waals surface area contributed by atoms with Crippen molar-refractivity contribution in [3.05, 3.63) is 58.6 Å².